The highest BCUT2D eigenvalue weighted by molar-refractivity contribution is 5.42. The lowest BCUT2D eigenvalue weighted by atomic mass is 9.82. The second kappa shape index (κ2) is 5.97. The molecule has 108 valence electrons. The number of aromatic nitrogens is 1. The SMILES string of the molecule is CCC(C)(C)c1ccc(Oc2nc(C)ccc2C#N)cc1. The predicted molar refractivity (Wildman–Crippen MR) is 83.5 cm³/mol. The first kappa shape index (κ1) is 15.1. The molecule has 0 aliphatic carbocycles. The van der Waals surface area contributed by atoms with Gasteiger partial charge in [-0.15, -0.1) is 0 Å². The van der Waals surface area contributed by atoms with Crippen LogP contribution >= 0.6 is 0 Å². The topological polar surface area (TPSA) is 45.9 Å². The van der Waals surface area contributed by atoms with Crippen LogP contribution in [0.25, 0.3) is 0 Å². The summed E-state index contributed by atoms with van der Waals surface area (Å²) in [6, 6.07) is 13.6. The van der Waals surface area contributed by atoms with Crippen LogP contribution in [0.3, 0.4) is 0 Å². The average molecular weight is 280 g/mol. The molecule has 0 radical (unpaired) electrons. The Morgan fingerprint density at radius 2 is 1.81 bits per heavy atom. The number of nitrogens with zero attached hydrogens (tertiary/aromatic N) is 2. The van der Waals surface area contributed by atoms with E-state index in [1.54, 1.807) is 12.1 Å². The Labute approximate surface area is 126 Å². The Bertz CT molecular complexity index is 667. The van der Waals surface area contributed by atoms with Crippen LogP contribution in [-0.4, -0.2) is 4.98 Å². The predicted octanol–water partition coefficient (Wildman–Crippen LogP) is 4.74. The van der Waals surface area contributed by atoms with Crippen LogP contribution in [0.5, 0.6) is 11.6 Å². The van der Waals surface area contributed by atoms with E-state index >= 15 is 0 Å². The maximum atomic E-state index is 9.10. The summed E-state index contributed by atoms with van der Waals surface area (Å²) in [6.07, 6.45) is 1.07. The van der Waals surface area contributed by atoms with Crippen LogP contribution in [0.4, 0.5) is 0 Å². The monoisotopic (exact) mass is 280 g/mol. The third-order valence-corrected chi connectivity index (χ3v) is 3.85. The molecule has 1 aromatic carbocycles. The van der Waals surface area contributed by atoms with E-state index in [1.165, 1.54) is 5.56 Å². The summed E-state index contributed by atoms with van der Waals surface area (Å²) in [4.78, 5) is 4.28. The van der Waals surface area contributed by atoms with Crippen molar-refractivity contribution in [1.82, 2.24) is 4.98 Å². The van der Waals surface area contributed by atoms with Gasteiger partial charge < -0.3 is 4.74 Å². The Morgan fingerprint density at radius 3 is 2.38 bits per heavy atom. The van der Waals surface area contributed by atoms with Crippen LogP contribution in [0, 0.1) is 18.3 Å². The van der Waals surface area contributed by atoms with Gasteiger partial charge in [-0.1, -0.05) is 32.9 Å². The molecular formula is C18H20N2O. The van der Waals surface area contributed by atoms with Crippen LogP contribution in [-0.2, 0) is 5.41 Å². The Kier molecular flexibility index (Phi) is 4.28. The van der Waals surface area contributed by atoms with Crippen molar-refractivity contribution in [3.05, 3.63) is 53.2 Å². The second-order valence-corrected chi connectivity index (χ2v) is 5.78. The molecule has 0 bridgehead atoms. The zero-order chi connectivity index (χ0) is 15.5. The molecule has 3 heteroatoms. The van der Waals surface area contributed by atoms with Crippen molar-refractivity contribution in [1.29, 1.82) is 5.26 Å². The summed E-state index contributed by atoms with van der Waals surface area (Å²) in [6.45, 7) is 8.50. The zero-order valence-electron chi connectivity index (χ0n) is 13.0. The van der Waals surface area contributed by atoms with Gasteiger partial charge in [0.2, 0.25) is 5.88 Å². The van der Waals surface area contributed by atoms with Crippen molar-refractivity contribution in [2.75, 3.05) is 0 Å². The van der Waals surface area contributed by atoms with E-state index < -0.39 is 0 Å². The van der Waals surface area contributed by atoms with Crippen LogP contribution in [0.15, 0.2) is 36.4 Å². The number of aryl methyl sites for hydroxylation is 1. The fourth-order valence-corrected chi connectivity index (χ4v) is 1.99. The molecule has 0 spiro atoms. The van der Waals surface area contributed by atoms with E-state index in [0.29, 0.717) is 17.2 Å². The van der Waals surface area contributed by atoms with Gasteiger partial charge in [0.1, 0.15) is 17.4 Å². The molecule has 2 aromatic rings. The van der Waals surface area contributed by atoms with E-state index in [9.17, 15) is 0 Å². The minimum absolute atomic E-state index is 0.151. The number of nitriles is 1. The van der Waals surface area contributed by atoms with Gasteiger partial charge in [0.15, 0.2) is 0 Å². The van der Waals surface area contributed by atoms with Gasteiger partial charge in [-0.3, -0.25) is 0 Å². The zero-order valence-corrected chi connectivity index (χ0v) is 13.0. The van der Waals surface area contributed by atoms with E-state index in [2.05, 4.69) is 44.0 Å². The Balaban J connectivity index is 2.26. The number of benzene rings is 1. The highest BCUT2D eigenvalue weighted by Gasteiger charge is 2.17. The third-order valence-electron chi connectivity index (χ3n) is 3.85. The summed E-state index contributed by atoms with van der Waals surface area (Å²) in [5.74, 6) is 1.06. The van der Waals surface area contributed by atoms with E-state index in [4.69, 9.17) is 10.00 Å². The Morgan fingerprint density at radius 1 is 1.14 bits per heavy atom. The highest BCUT2D eigenvalue weighted by atomic mass is 16.5. The van der Waals surface area contributed by atoms with Crippen LogP contribution in [0.1, 0.15) is 44.0 Å². The molecule has 0 atom stereocenters. The molecule has 0 saturated carbocycles. The van der Waals surface area contributed by atoms with E-state index in [0.717, 1.165) is 12.1 Å². The number of ether oxygens (including phenoxy) is 1. The molecule has 1 heterocycles. The average Bonchev–Trinajstić information content (AvgIpc) is 2.48. The number of pyridine rings is 1. The lowest BCUT2D eigenvalue weighted by molar-refractivity contribution is 0.457. The summed E-state index contributed by atoms with van der Waals surface area (Å²) in [5, 5.41) is 9.10. The molecule has 0 amide bonds. The van der Waals surface area contributed by atoms with Gasteiger partial charge in [-0.05, 0) is 48.6 Å². The number of hydrogen-bond acceptors (Lipinski definition) is 3. The van der Waals surface area contributed by atoms with Gasteiger partial charge in [0.05, 0.1) is 0 Å². The van der Waals surface area contributed by atoms with Gasteiger partial charge >= 0.3 is 0 Å². The molecule has 3 nitrogen and oxygen atoms in total. The maximum Gasteiger partial charge on any atom is 0.237 e. The molecule has 0 aliphatic rings. The van der Waals surface area contributed by atoms with Gasteiger partial charge in [-0.25, -0.2) is 4.98 Å². The van der Waals surface area contributed by atoms with Crippen molar-refractivity contribution in [3.63, 3.8) is 0 Å². The molecule has 1 aromatic heterocycles. The quantitative estimate of drug-likeness (QED) is 0.812. The summed E-state index contributed by atoms with van der Waals surface area (Å²) in [7, 11) is 0. The minimum atomic E-state index is 0.151. The van der Waals surface area contributed by atoms with Gasteiger partial charge in [0, 0.05) is 5.69 Å². The maximum absolute atomic E-state index is 9.10. The van der Waals surface area contributed by atoms with Crippen molar-refractivity contribution in [3.8, 4) is 17.7 Å². The van der Waals surface area contributed by atoms with E-state index in [-0.39, 0.29) is 5.41 Å². The molecule has 2 rings (SSSR count). The molecule has 0 N–H and O–H groups in total. The van der Waals surface area contributed by atoms with Crippen molar-refractivity contribution < 1.29 is 4.74 Å². The van der Waals surface area contributed by atoms with Gasteiger partial charge in [-0.2, -0.15) is 5.26 Å². The molecule has 0 saturated heterocycles. The summed E-state index contributed by atoms with van der Waals surface area (Å²) in [5.41, 5.74) is 2.69. The van der Waals surface area contributed by atoms with Crippen molar-refractivity contribution in [2.45, 2.75) is 39.5 Å². The second-order valence-electron chi connectivity index (χ2n) is 5.78. The van der Waals surface area contributed by atoms with Crippen LogP contribution in [0.2, 0.25) is 0 Å². The Hall–Kier alpha value is -2.34. The number of rotatable bonds is 4. The lowest BCUT2D eigenvalue weighted by Gasteiger charge is -2.23. The smallest absolute Gasteiger partial charge is 0.237 e. The fourth-order valence-electron chi connectivity index (χ4n) is 1.99. The highest BCUT2D eigenvalue weighted by Crippen LogP contribution is 2.29. The first-order valence-electron chi connectivity index (χ1n) is 7.12. The number of hydrogen-bond donors (Lipinski definition) is 0. The summed E-state index contributed by atoms with van der Waals surface area (Å²) < 4.78 is 5.75. The fraction of sp³-hybridized carbons (Fsp3) is 0.333. The molecule has 0 unspecified atom stereocenters. The standard InChI is InChI=1S/C18H20N2O/c1-5-18(3,4)15-8-10-16(11-9-15)21-17-14(12-19)7-6-13(2)20-17/h6-11H,5H2,1-4H3. The van der Waals surface area contributed by atoms with Gasteiger partial charge in [0.25, 0.3) is 0 Å². The molecule has 0 fully saturated rings. The lowest BCUT2D eigenvalue weighted by Crippen LogP contribution is -2.14. The molecular weight excluding hydrogens is 260 g/mol. The largest absolute Gasteiger partial charge is 0.438 e. The summed E-state index contributed by atoms with van der Waals surface area (Å²) >= 11 is 0. The third kappa shape index (κ3) is 3.41. The van der Waals surface area contributed by atoms with Crippen LogP contribution < -0.4 is 4.74 Å². The molecule has 21 heavy (non-hydrogen) atoms. The minimum Gasteiger partial charge on any atom is -0.438 e. The first-order valence-corrected chi connectivity index (χ1v) is 7.12. The first-order chi connectivity index (χ1) is 9.96. The van der Waals surface area contributed by atoms with Crippen molar-refractivity contribution in [2.24, 2.45) is 0 Å². The van der Waals surface area contributed by atoms with E-state index in [1.807, 2.05) is 19.1 Å². The normalized spacial score (nSPS) is 11.0. The molecule has 0 aliphatic heterocycles. The van der Waals surface area contributed by atoms with Crippen molar-refractivity contribution >= 4 is 0 Å².